The lowest BCUT2D eigenvalue weighted by Crippen LogP contribution is -2.39. The number of pyridine rings is 1. The maximum Gasteiger partial charge on any atom is 0.249 e. The largest absolute Gasteiger partial charge is 0.350 e. The normalized spacial score (nSPS) is 11.5. The van der Waals surface area contributed by atoms with Crippen LogP contribution >= 0.6 is 0 Å². The first-order valence-electron chi connectivity index (χ1n) is 6.66. The minimum atomic E-state index is -0.785. The smallest absolute Gasteiger partial charge is 0.249 e. The van der Waals surface area contributed by atoms with E-state index in [9.17, 15) is 9.59 Å². The Labute approximate surface area is 123 Å². The molecule has 5 heteroatoms. The molecule has 1 atom stereocenters. The fourth-order valence-electron chi connectivity index (χ4n) is 1.91. The van der Waals surface area contributed by atoms with Gasteiger partial charge in [0.2, 0.25) is 11.8 Å². The molecule has 0 spiro atoms. The summed E-state index contributed by atoms with van der Waals surface area (Å²) in [6, 6.07) is 14.0. The van der Waals surface area contributed by atoms with Crippen LogP contribution in [0.3, 0.4) is 0 Å². The van der Waals surface area contributed by atoms with E-state index < -0.39 is 6.04 Å². The third-order valence-corrected chi connectivity index (χ3v) is 2.90. The highest BCUT2D eigenvalue weighted by Crippen LogP contribution is 2.10. The lowest BCUT2D eigenvalue weighted by atomic mass is 10.1. The maximum absolute atomic E-state index is 12.3. The van der Waals surface area contributed by atoms with Crippen molar-refractivity contribution in [3.63, 3.8) is 0 Å². The van der Waals surface area contributed by atoms with Crippen LogP contribution in [0.2, 0.25) is 0 Å². The predicted molar refractivity (Wildman–Crippen MR) is 79.1 cm³/mol. The van der Waals surface area contributed by atoms with Crippen molar-refractivity contribution >= 4 is 11.8 Å². The van der Waals surface area contributed by atoms with E-state index in [0.29, 0.717) is 12.2 Å². The Balaban J connectivity index is 2.06. The second-order valence-corrected chi connectivity index (χ2v) is 4.59. The topological polar surface area (TPSA) is 71.1 Å². The zero-order valence-corrected chi connectivity index (χ0v) is 11.7. The van der Waals surface area contributed by atoms with Gasteiger partial charge < -0.3 is 10.6 Å². The number of nitrogens with one attached hydrogen (secondary N) is 2. The summed E-state index contributed by atoms with van der Waals surface area (Å²) in [6.45, 7) is 1.78. The second kappa shape index (κ2) is 7.19. The third kappa shape index (κ3) is 4.42. The zero-order chi connectivity index (χ0) is 15.1. The first-order chi connectivity index (χ1) is 10.2. The molecule has 0 saturated carbocycles. The van der Waals surface area contributed by atoms with E-state index in [4.69, 9.17) is 0 Å². The van der Waals surface area contributed by atoms with Gasteiger partial charge in [0, 0.05) is 19.7 Å². The third-order valence-electron chi connectivity index (χ3n) is 2.90. The van der Waals surface area contributed by atoms with Crippen LogP contribution in [0, 0.1) is 0 Å². The number of nitrogens with zero attached hydrogens (tertiary/aromatic N) is 1. The number of benzene rings is 1. The summed E-state index contributed by atoms with van der Waals surface area (Å²) in [5.41, 5.74) is 1.51. The van der Waals surface area contributed by atoms with E-state index in [-0.39, 0.29) is 11.8 Å². The van der Waals surface area contributed by atoms with E-state index in [2.05, 4.69) is 15.6 Å². The molecule has 5 nitrogen and oxygen atoms in total. The number of hydrogen-bond acceptors (Lipinski definition) is 3. The Hall–Kier alpha value is -2.69. The fraction of sp³-hybridized carbons (Fsp3) is 0.188. The van der Waals surface area contributed by atoms with Crippen LogP contribution in [0.1, 0.15) is 24.2 Å². The van der Waals surface area contributed by atoms with Gasteiger partial charge in [0.15, 0.2) is 6.04 Å². The number of aromatic nitrogens is 1. The highest BCUT2D eigenvalue weighted by atomic mass is 16.2. The highest BCUT2D eigenvalue weighted by Gasteiger charge is 2.22. The number of carbonyl (C=O) groups is 2. The monoisotopic (exact) mass is 283 g/mol. The molecule has 1 aromatic carbocycles. The molecule has 21 heavy (non-hydrogen) atoms. The number of carbonyl (C=O) groups excluding carboxylic acids is 2. The van der Waals surface area contributed by atoms with Gasteiger partial charge in [0.25, 0.3) is 0 Å². The summed E-state index contributed by atoms with van der Waals surface area (Å²) in [7, 11) is 0. The van der Waals surface area contributed by atoms with Crippen LogP contribution in [-0.4, -0.2) is 16.8 Å². The SMILES string of the molecule is CC(=O)N[C@@H](C(=O)NCc1ccccc1)c1ccccn1. The molecule has 0 aliphatic heterocycles. The van der Waals surface area contributed by atoms with Crippen molar-refractivity contribution in [3.05, 3.63) is 66.0 Å². The first kappa shape index (κ1) is 14.7. The number of hydrogen-bond donors (Lipinski definition) is 2. The first-order valence-corrected chi connectivity index (χ1v) is 6.66. The Kier molecular flexibility index (Phi) is 5.04. The van der Waals surface area contributed by atoms with Gasteiger partial charge in [0.1, 0.15) is 0 Å². The van der Waals surface area contributed by atoms with E-state index in [1.165, 1.54) is 6.92 Å². The molecule has 2 aromatic rings. The van der Waals surface area contributed by atoms with Gasteiger partial charge >= 0.3 is 0 Å². The Morgan fingerprint density at radius 2 is 1.81 bits per heavy atom. The molecule has 0 aliphatic carbocycles. The average molecular weight is 283 g/mol. The molecule has 0 fully saturated rings. The van der Waals surface area contributed by atoms with Crippen LogP contribution in [0.25, 0.3) is 0 Å². The van der Waals surface area contributed by atoms with Crippen LogP contribution in [-0.2, 0) is 16.1 Å². The number of rotatable bonds is 5. The highest BCUT2D eigenvalue weighted by molar-refractivity contribution is 5.87. The van der Waals surface area contributed by atoms with Crippen molar-refractivity contribution in [2.24, 2.45) is 0 Å². The second-order valence-electron chi connectivity index (χ2n) is 4.59. The standard InChI is InChI=1S/C16H17N3O2/c1-12(20)19-15(14-9-5-6-10-17-14)16(21)18-11-13-7-3-2-4-8-13/h2-10,15H,11H2,1H3,(H,18,21)(H,19,20)/t15-/m1/s1. The van der Waals surface area contributed by atoms with E-state index >= 15 is 0 Å². The molecular formula is C16H17N3O2. The Morgan fingerprint density at radius 1 is 1.10 bits per heavy atom. The van der Waals surface area contributed by atoms with Gasteiger partial charge in [0.05, 0.1) is 5.69 Å². The van der Waals surface area contributed by atoms with Crippen molar-refractivity contribution in [2.45, 2.75) is 19.5 Å². The minimum absolute atomic E-state index is 0.277. The van der Waals surface area contributed by atoms with Crippen molar-refractivity contribution in [1.82, 2.24) is 15.6 Å². The number of amides is 2. The van der Waals surface area contributed by atoms with Crippen molar-refractivity contribution in [3.8, 4) is 0 Å². The molecule has 0 aliphatic rings. The van der Waals surface area contributed by atoms with Crippen molar-refractivity contribution in [2.75, 3.05) is 0 Å². The summed E-state index contributed by atoms with van der Waals surface area (Å²) in [5, 5.41) is 5.43. The lowest BCUT2D eigenvalue weighted by molar-refractivity contribution is -0.128. The molecule has 1 heterocycles. The summed E-state index contributed by atoms with van der Waals surface area (Å²) in [4.78, 5) is 27.7. The minimum Gasteiger partial charge on any atom is -0.350 e. The van der Waals surface area contributed by atoms with Gasteiger partial charge in [-0.2, -0.15) is 0 Å². The molecule has 0 unspecified atom stereocenters. The molecule has 0 radical (unpaired) electrons. The van der Waals surface area contributed by atoms with Gasteiger partial charge in [-0.05, 0) is 17.7 Å². The quantitative estimate of drug-likeness (QED) is 0.875. The molecule has 2 amide bonds. The van der Waals surface area contributed by atoms with E-state index in [1.807, 2.05) is 30.3 Å². The van der Waals surface area contributed by atoms with Gasteiger partial charge in [-0.3, -0.25) is 14.6 Å². The summed E-state index contributed by atoms with van der Waals surface area (Å²) in [5.74, 6) is -0.562. The van der Waals surface area contributed by atoms with E-state index in [1.54, 1.807) is 24.4 Å². The molecule has 1 aromatic heterocycles. The van der Waals surface area contributed by atoms with Gasteiger partial charge in [-0.25, -0.2) is 0 Å². The molecule has 0 saturated heterocycles. The van der Waals surface area contributed by atoms with Crippen LogP contribution in [0.4, 0.5) is 0 Å². The van der Waals surface area contributed by atoms with Gasteiger partial charge in [-0.15, -0.1) is 0 Å². The summed E-state index contributed by atoms with van der Waals surface area (Å²) in [6.07, 6.45) is 1.59. The van der Waals surface area contributed by atoms with Crippen LogP contribution < -0.4 is 10.6 Å². The van der Waals surface area contributed by atoms with Crippen molar-refractivity contribution < 1.29 is 9.59 Å². The summed E-state index contributed by atoms with van der Waals surface area (Å²) < 4.78 is 0. The molecule has 0 bridgehead atoms. The Morgan fingerprint density at radius 3 is 2.43 bits per heavy atom. The zero-order valence-electron chi connectivity index (χ0n) is 11.7. The average Bonchev–Trinajstić information content (AvgIpc) is 2.52. The van der Waals surface area contributed by atoms with E-state index in [0.717, 1.165) is 5.56 Å². The van der Waals surface area contributed by atoms with Crippen LogP contribution in [0.15, 0.2) is 54.7 Å². The molecule has 2 N–H and O–H groups in total. The van der Waals surface area contributed by atoms with Crippen molar-refractivity contribution in [1.29, 1.82) is 0 Å². The predicted octanol–water partition coefficient (Wildman–Crippen LogP) is 1.58. The fourth-order valence-corrected chi connectivity index (χ4v) is 1.91. The lowest BCUT2D eigenvalue weighted by Gasteiger charge is -2.17. The molecule has 2 rings (SSSR count). The summed E-state index contributed by atoms with van der Waals surface area (Å²) >= 11 is 0. The van der Waals surface area contributed by atoms with Crippen LogP contribution in [0.5, 0.6) is 0 Å². The molecule has 108 valence electrons. The Bertz CT molecular complexity index is 599. The molecular weight excluding hydrogens is 266 g/mol. The van der Waals surface area contributed by atoms with Gasteiger partial charge in [-0.1, -0.05) is 36.4 Å². The maximum atomic E-state index is 12.3.